The number of β-amino-alcohol motifs (C(OH)–C–C–N with tert-alkyl or cyclic N) is 1. The van der Waals surface area contributed by atoms with Gasteiger partial charge in [0.1, 0.15) is 0 Å². The van der Waals surface area contributed by atoms with Crippen molar-refractivity contribution in [2.45, 2.75) is 26.0 Å². The molecule has 1 aliphatic heterocycles. The van der Waals surface area contributed by atoms with Gasteiger partial charge in [-0.1, -0.05) is 24.6 Å². The van der Waals surface area contributed by atoms with Crippen LogP contribution in [-0.4, -0.2) is 44.6 Å². The molecule has 1 saturated heterocycles. The summed E-state index contributed by atoms with van der Waals surface area (Å²) in [5, 5.41) is 14.2. The van der Waals surface area contributed by atoms with Crippen molar-refractivity contribution in [3.63, 3.8) is 0 Å². The lowest BCUT2D eigenvalue weighted by Gasteiger charge is -2.37. The van der Waals surface area contributed by atoms with Gasteiger partial charge in [-0.2, -0.15) is 0 Å². The van der Waals surface area contributed by atoms with Crippen molar-refractivity contribution in [3.8, 4) is 0 Å². The number of halogens is 1. The number of piperidine rings is 1. The molecule has 5 heteroatoms. The molecule has 1 aromatic carbocycles. The van der Waals surface area contributed by atoms with E-state index in [-0.39, 0.29) is 6.10 Å². The van der Waals surface area contributed by atoms with Crippen molar-refractivity contribution < 1.29 is 9.84 Å². The van der Waals surface area contributed by atoms with Crippen molar-refractivity contribution >= 4 is 17.3 Å². The van der Waals surface area contributed by atoms with Crippen LogP contribution in [-0.2, 0) is 11.3 Å². The Morgan fingerprint density at radius 3 is 3.00 bits per heavy atom. The van der Waals surface area contributed by atoms with E-state index in [1.54, 1.807) is 7.11 Å². The topological polar surface area (TPSA) is 44.7 Å². The number of anilines is 1. The first kappa shape index (κ1) is 16.6. The molecule has 21 heavy (non-hydrogen) atoms. The fourth-order valence-corrected chi connectivity index (χ4v) is 2.81. The van der Waals surface area contributed by atoms with Gasteiger partial charge < -0.3 is 20.1 Å². The lowest BCUT2D eigenvalue weighted by molar-refractivity contribution is 0.103. The molecule has 1 aromatic rings. The summed E-state index contributed by atoms with van der Waals surface area (Å²) in [5.74, 6) is 0.365. The first-order chi connectivity index (χ1) is 10.1. The highest BCUT2D eigenvalue weighted by atomic mass is 35.5. The molecule has 4 nitrogen and oxygen atoms in total. The van der Waals surface area contributed by atoms with Gasteiger partial charge in [-0.3, -0.25) is 0 Å². The van der Waals surface area contributed by atoms with E-state index in [1.165, 1.54) is 5.56 Å². The summed E-state index contributed by atoms with van der Waals surface area (Å²) in [4.78, 5) is 2.24. The largest absolute Gasteiger partial charge is 0.391 e. The zero-order chi connectivity index (χ0) is 15.2. The second kappa shape index (κ2) is 7.99. The molecule has 0 aromatic heterocycles. The van der Waals surface area contributed by atoms with Crippen molar-refractivity contribution in [2.75, 3.05) is 38.3 Å². The summed E-state index contributed by atoms with van der Waals surface area (Å²) >= 11 is 6.16. The van der Waals surface area contributed by atoms with Gasteiger partial charge in [-0.25, -0.2) is 0 Å². The highest BCUT2D eigenvalue weighted by Crippen LogP contribution is 2.29. The molecule has 1 fully saturated rings. The Morgan fingerprint density at radius 1 is 1.48 bits per heavy atom. The Bertz CT molecular complexity index is 456. The third-order valence-corrected chi connectivity index (χ3v) is 4.34. The van der Waals surface area contributed by atoms with Crippen LogP contribution in [0.1, 0.15) is 18.9 Å². The number of ether oxygens (including phenoxy) is 1. The maximum Gasteiger partial charge on any atom is 0.0741 e. The molecule has 0 amide bonds. The number of benzene rings is 1. The summed E-state index contributed by atoms with van der Waals surface area (Å²) in [6.07, 6.45) is 0.733. The molecular weight excluding hydrogens is 288 g/mol. The van der Waals surface area contributed by atoms with E-state index in [1.807, 2.05) is 12.1 Å². The summed E-state index contributed by atoms with van der Waals surface area (Å²) in [6.45, 7) is 6.03. The SMILES string of the molecule is COCCNCc1ccc(Cl)cc1N1CCC(C)C(O)C1. The number of aliphatic hydroxyl groups is 1. The predicted molar refractivity (Wildman–Crippen MR) is 87.0 cm³/mol. The zero-order valence-electron chi connectivity index (χ0n) is 12.8. The number of methoxy groups -OCH3 is 1. The maximum absolute atomic E-state index is 10.1. The Balaban J connectivity index is 2.07. The molecule has 0 aliphatic carbocycles. The number of hydrogen-bond donors (Lipinski definition) is 2. The molecule has 0 bridgehead atoms. The molecule has 1 aliphatic rings. The summed E-state index contributed by atoms with van der Waals surface area (Å²) < 4.78 is 5.04. The molecule has 0 saturated carbocycles. The van der Waals surface area contributed by atoms with E-state index in [0.717, 1.165) is 36.8 Å². The van der Waals surface area contributed by atoms with Crippen LogP contribution >= 0.6 is 11.6 Å². The van der Waals surface area contributed by atoms with Gasteiger partial charge in [0.2, 0.25) is 0 Å². The van der Waals surface area contributed by atoms with Crippen LogP contribution in [0.3, 0.4) is 0 Å². The van der Waals surface area contributed by atoms with Crippen LogP contribution in [0.25, 0.3) is 0 Å². The van der Waals surface area contributed by atoms with E-state index in [2.05, 4.69) is 23.2 Å². The van der Waals surface area contributed by atoms with Gasteiger partial charge in [0.15, 0.2) is 0 Å². The van der Waals surface area contributed by atoms with E-state index < -0.39 is 0 Å². The second-order valence-electron chi connectivity index (χ2n) is 5.72. The Hall–Kier alpha value is -0.810. The molecule has 1 heterocycles. The van der Waals surface area contributed by atoms with Crippen molar-refractivity contribution in [1.82, 2.24) is 5.32 Å². The fraction of sp³-hybridized carbons (Fsp3) is 0.625. The minimum Gasteiger partial charge on any atom is -0.391 e. The molecule has 2 unspecified atom stereocenters. The molecule has 0 radical (unpaired) electrons. The first-order valence-corrected chi connectivity index (χ1v) is 7.90. The van der Waals surface area contributed by atoms with E-state index in [0.29, 0.717) is 19.1 Å². The van der Waals surface area contributed by atoms with Crippen molar-refractivity contribution in [2.24, 2.45) is 5.92 Å². The highest BCUT2D eigenvalue weighted by Gasteiger charge is 2.25. The molecule has 2 N–H and O–H groups in total. The summed E-state index contributed by atoms with van der Waals surface area (Å²) in [6, 6.07) is 5.97. The smallest absolute Gasteiger partial charge is 0.0741 e. The normalized spacial score (nSPS) is 22.6. The number of aliphatic hydroxyl groups excluding tert-OH is 1. The lowest BCUT2D eigenvalue weighted by atomic mass is 9.95. The fourth-order valence-electron chi connectivity index (χ4n) is 2.65. The van der Waals surface area contributed by atoms with Crippen molar-refractivity contribution in [3.05, 3.63) is 28.8 Å². The van der Waals surface area contributed by atoms with Gasteiger partial charge in [0, 0.05) is 44.0 Å². The third-order valence-electron chi connectivity index (χ3n) is 4.11. The quantitative estimate of drug-likeness (QED) is 0.791. The third kappa shape index (κ3) is 4.58. The monoisotopic (exact) mass is 312 g/mol. The first-order valence-electron chi connectivity index (χ1n) is 7.53. The summed E-state index contributed by atoms with van der Waals surface area (Å²) in [7, 11) is 1.70. The second-order valence-corrected chi connectivity index (χ2v) is 6.16. The summed E-state index contributed by atoms with van der Waals surface area (Å²) in [5.41, 5.74) is 2.33. The molecular formula is C16H25ClN2O2. The minimum atomic E-state index is -0.271. The Labute approximate surface area is 132 Å². The average Bonchev–Trinajstić information content (AvgIpc) is 2.48. The standard InChI is InChI=1S/C16H25ClN2O2/c1-12-5-7-19(11-16(12)20)15-9-14(17)4-3-13(15)10-18-6-8-21-2/h3-4,9,12,16,18,20H,5-8,10-11H2,1-2H3. The van der Waals surface area contributed by atoms with Gasteiger partial charge in [-0.05, 0) is 30.0 Å². The van der Waals surface area contributed by atoms with Gasteiger partial charge in [-0.15, -0.1) is 0 Å². The number of hydrogen-bond acceptors (Lipinski definition) is 4. The van der Waals surface area contributed by atoms with Crippen LogP contribution in [0.5, 0.6) is 0 Å². The van der Waals surface area contributed by atoms with Crippen LogP contribution in [0.4, 0.5) is 5.69 Å². The van der Waals surface area contributed by atoms with E-state index >= 15 is 0 Å². The predicted octanol–water partition coefficient (Wildman–Crippen LogP) is 2.28. The highest BCUT2D eigenvalue weighted by molar-refractivity contribution is 6.30. The van der Waals surface area contributed by atoms with Gasteiger partial charge in [0.25, 0.3) is 0 Å². The number of nitrogens with zero attached hydrogens (tertiary/aromatic N) is 1. The Morgan fingerprint density at radius 2 is 2.29 bits per heavy atom. The Kier molecular flexibility index (Phi) is 6.30. The van der Waals surface area contributed by atoms with E-state index in [9.17, 15) is 5.11 Å². The molecule has 2 atom stereocenters. The molecule has 118 valence electrons. The average molecular weight is 313 g/mol. The van der Waals surface area contributed by atoms with Crippen LogP contribution < -0.4 is 10.2 Å². The van der Waals surface area contributed by atoms with Crippen LogP contribution in [0.2, 0.25) is 5.02 Å². The van der Waals surface area contributed by atoms with Gasteiger partial charge in [0.05, 0.1) is 12.7 Å². The lowest BCUT2D eigenvalue weighted by Crippen LogP contribution is -2.43. The zero-order valence-corrected chi connectivity index (χ0v) is 13.6. The number of nitrogens with one attached hydrogen (secondary N) is 1. The minimum absolute atomic E-state index is 0.271. The number of rotatable bonds is 6. The van der Waals surface area contributed by atoms with Crippen molar-refractivity contribution in [1.29, 1.82) is 0 Å². The van der Waals surface area contributed by atoms with E-state index in [4.69, 9.17) is 16.3 Å². The maximum atomic E-state index is 10.1. The molecule has 2 rings (SSSR count). The van der Waals surface area contributed by atoms with Crippen LogP contribution in [0.15, 0.2) is 18.2 Å². The van der Waals surface area contributed by atoms with Gasteiger partial charge >= 0.3 is 0 Å². The molecule has 0 spiro atoms. The van der Waals surface area contributed by atoms with Crippen LogP contribution in [0, 0.1) is 5.92 Å².